The van der Waals surface area contributed by atoms with Crippen molar-refractivity contribution in [1.82, 2.24) is 4.90 Å². The smallest absolute Gasteiger partial charge is 0.300 e. The molecule has 0 radical (unpaired) electrons. The molecule has 4 rings (SSSR count). The zero-order valence-electron chi connectivity index (χ0n) is 26.1. The number of anilines is 1. The summed E-state index contributed by atoms with van der Waals surface area (Å²) in [5.41, 5.74) is 4.07. The van der Waals surface area contributed by atoms with Gasteiger partial charge in [-0.15, -0.1) is 0 Å². The highest BCUT2D eigenvalue weighted by molar-refractivity contribution is 5.63. The summed E-state index contributed by atoms with van der Waals surface area (Å²) in [6, 6.07) is 15.6. The summed E-state index contributed by atoms with van der Waals surface area (Å²) in [5, 5.41) is 7.42. The van der Waals surface area contributed by atoms with Crippen molar-refractivity contribution in [3.8, 4) is 11.5 Å². The molecule has 41 heavy (non-hydrogen) atoms. The van der Waals surface area contributed by atoms with Crippen LogP contribution in [0.25, 0.3) is 0 Å². The Hall–Kier alpha value is -3.06. The number of aldehydes is 1. The predicted molar refractivity (Wildman–Crippen MR) is 167 cm³/mol. The minimum Gasteiger partial charge on any atom is -0.481 e. The van der Waals surface area contributed by atoms with Crippen LogP contribution >= 0.6 is 0 Å². The number of benzene rings is 2. The van der Waals surface area contributed by atoms with Gasteiger partial charge in [0, 0.05) is 38.8 Å². The van der Waals surface area contributed by atoms with Crippen molar-refractivity contribution < 1.29 is 24.2 Å². The van der Waals surface area contributed by atoms with Crippen molar-refractivity contribution in [2.45, 2.75) is 91.5 Å². The number of carbonyl (C=O) groups excluding carboxylic acids is 1. The van der Waals surface area contributed by atoms with E-state index in [1.165, 1.54) is 48.9 Å². The second-order valence-corrected chi connectivity index (χ2v) is 11.3. The van der Waals surface area contributed by atoms with E-state index in [-0.39, 0.29) is 0 Å². The molecule has 0 aromatic heterocycles. The number of carbonyl (C=O) groups is 2. The molecule has 2 aromatic carbocycles. The Balaban J connectivity index is 0.000000278. The number of aliphatic carboxylic acids is 1. The molecule has 7 nitrogen and oxygen atoms in total. The lowest BCUT2D eigenvalue weighted by molar-refractivity contribution is -0.134. The van der Waals surface area contributed by atoms with E-state index >= 15 is 0 Å². The highest BCUT2D eigenvalue weighted by Crippen LogP contribution is 2.39. The Morgan fingerprint density at radius 2 is 1.85 bits per heavy atom. The maximum atomic E-state index is 11.0. The fourth-order valence-corrected chi connectivity index (χ4v) is 5.57. The molecule has 1 N–H and O–H groups in total. The Morgan fingerprint density at radius 3 is 2.51 bits per heavy atom. The van der Waals surface area contributed by atoms with E-state index in [1.54, 1.807) is 0 Å². The molecule has 2 aliphatic heterocycles. The van der Waals surface area contributed by atoms with E-state index in [4.69, 9.17) is 19.4 Å². The van der Waals surface area contributed by atoms with Crippen molar-refractivity contribution in [2.24, 2.45) is 5.92 Å². The third-order valence-electron chi connectivity index (χ3n) is 7.77. The van der Waals surface area contributed by atoms with Crippen LogP contribution in [-0.2, 0) is 16.0 Å². The Labute approximate surface area is 247 Å². The van der Waals surface area contributed by atoms with E-state index in [1.807, 2.05) is 6.07 Å². The quantitative estimate of drug-likeness (QED) is 0.272. The number of carboxylic acid groups (broad SMARTS) is 1. The van der Waals surface area contributed by atoms with Gasteiger partial charge in [-0.2, -0.15) is 0 Å². The van der Waals surface area contributed by atoms with Gasteiger partial charge >= 0.3 is 0 Å². The lowest BCUT2D eigenvalue weighted by Crippen LogP contribution is -2.32. The number of fused-ring (bicyclic) bond motifs is 1. The monoisotopic (exact) mass is 568 g/mol. The number of unbranched alkanes of at least 4 members (excludes halogenated alkanes) is 1. The first-order valence-electron chi connectivity index (χ1n) is 15.3. The van der Waals surface area contributed by atoms with Crippen molar-refractivity contribution >= 4 is 17.9 Å². The standard InChI is InChI=1S/C19H27NO3.C13H21N.C2H4O2/c1-3-4-14(2)9-17-10-16(12-20(17)7-8-21)15-5-6-18-19(11-15)23-13-22-18;1-4-6-10-14(3)13-9-7-8-12(5-2)11-13;1-2(3)4/h5-6,8,11,14,16-17H,3-4,7,9-10,12-13H2,1-2H3;7-9,11H,4-6,10H2,1-3H3;1H3,(H,3,4)/t14?,16?,17-;;/m0../s1. The molecule has 2 unspecified atom stereocenters. The van der Waals surface area contributed by atoms with Crippen molar-refractivity contribution in [3.05, 3.63) is 53.6 Å². The summed E-state index contributed by atoms with van der Waals surface area (Å²) in [6.07, 6.45) is 9.50. The summed E-state index contributed by atoms with van der Waals surface area (Å²) >= 11 is 0. The molecule has 0 saturated carbocycles. The predicted octanol–water partition coefficient (Wildman–Crippen LogP) is 7.17. The van der Waals surface area contributed by atoms with Gasteiger partial charge in [0.1, 0.15) is 6.29 Å². The minimum atomic E-state index is -0.833. The maximum absolute atomic E-state index is 11.0. The first kappa shape index (κ1) is 34.1. The normalized spacial score (nSPS) is 18.0. The van der Waals surface area contributed by atoms with E-state index in [2.05, 4.69) is 80.9 Å². The molecule has 1 fully saturated rings. The molecule has 7 heteroatoms. The van der Waals surface area contributed by atoms with Gasteiger partial charge in [0.2, 0.25) is 6.79 Å². The number of likely N-dealkylation sites (tertiary alicyclic amines) is 1. The van der Waals surface area contributed by atoms with Crippen molar-refractivity contribution in [3.63, 3.8) is 0 Å². The van der Waals surface area contributed by atoms with Gasteiger partial charge in [-0.05, 0) is 72.9 Å². The maximum Gasteiger partial charge on any atom is 0.300 e. The second-order valence-electron chi connectivity index (χ2n) is 11.3. The van der Waals surface area contributed by atoms with Crippen LogP contribution in [0.3, 0.4) is 0 Å². The summed E-state index contributed by atoms with van der Waals surface area (Å²) in [6.45, 7) is 13.1. The van der Waals surface area contributed by atoms with Crippen molar-refractivity contribution in [2.75, 3.05) is 38.4 Å². The van der Waals surface area contributed by atoms with Crippen LogP contribution in [0.2, 0.25) is 0 Å². The van der Waals surface area contributed by atoms with Gasteiger partial charge in [-0.1, -0.05) is 65.2 Å². The number of hydrogen-bond donors (Lipinski definition) is 1. The van der Waals surface area contributed by atoms with Crippen LogP contribution in [-0.4, -0.2) is 61.8 Å². The molecular formula is C34H52N2O5. The van der Waals surface area contributed by atoms with Crippen molar-refractivity contribution in [1.29, 1.82) is 0 Å². The van der Waals surface area contributed by atoms with Gasteiger partial charge in [-0.3, -0.25) is 9.69 Å². The van der Waals surface area contributed by atoms with Gasteiger partial charge < -0.3 is 24.3 Å². The molecule has 2 aromatic rings. The summed E-state index contributed by atoms with van der Waals surface area (Å²) < 4.78 is 10.9. The highest BCUT2D eigenvalue weighted by Gasteiger charge is 2.33. The highest BCUT2D eigenvalue weighted by atomic mass is 16.7. The van der Waals surface area contributed by atoms with Gasteiger partial charge in [0.05, 0.1) is 6.54 Å². The Kier molecular flexibility index (Phi) is 15.3. The lowest BCUT2D eigenvalue weighted by Gasteiger charge is -2.24. The van der Waals surface area contributed by atoms with E-state index < -0.39 is 5.97 Å². The number of hydrogen-bond acceptors (Lipinski definition) is 6. The zero-order chi connectivity index (χ0) is 30.2. The molecule has 228 valence electrons. The van der Waals surface area contributed by atoms with Crippen LogP contribution in [0.15, 0.2) is 42.5 Å². The first-order valence-corrected chi connectivity index (χ1v) is 15.3. The number of ether oxygens (including phenoxy) is 2. The number of carboxylic acids is 1. The molecule has 0 amide bonds. The average Bonchev–Trinajstić information content (AvgIpc) is 3.58. The minimum absolute atomic E-state index is 0.317. The largest absolute Gasteiger partial charge is 0.481 e. The van der Waals surface area contributed by atoms with Crippen LogP contribution in [0.4, 0.5) is 5.69 Å². The third-order valence-corrected chi connectivity index (χ3v) is 7.77. The molecule has 2 heterocycles. The Bertz CT molecular complexity index is 1060. The van der Waals surface area contributed by atoms with E-state index in [0.29, 0.717) is 25.3 Å². The van der Waals surface area contributed by atoms with Crippen LogP contribution in [0.5, 0.6) is 11.5 Å². The number of nitrogens with zero attached hydrogens (tertiary/aromatic N) is 2. The van der Waals surface area contributed by atoms with Gasteiger partial charge in [0.15, 0.2) is 11.5 Å². The molecule has 0 spiro atoms. The van der Waals surface area contributed by atoms with Crippen LogP contribution in [0, 0.1) is 5.92 Å². The molecule has 2 aliphatic rings. The second kappa shape index (κ2) is 18.4. The molecule has 1 saturated heterocycles. The van der Waals surface area contributed by atoms with E-state index in [9.17, 15) is 4.79 Å². The fourth-order valence-electron chi connectivity index (χ4n) is 5.57. The number of aryl methyl sites for hydroxylation is 1. The fraction of sp³-hybridized carbons (Fsp3) is 0.588. The molecule has 0 bridgehead atoms. The van der Waals surface area contributed by atoms with E-state index in [0.717, 1.165) is 56.6 Å². The number of rotatable bonds is 12. The van der Waals surface area contributed by atoms with Gasteiger partial charge in [0.25, 0.3) is 5.97 Å². The average molecular weight is 569 g/mol. The zero-order valence-corrected chi connectivity index (χ0v) is 26.1. The summed E-state index contributed by atoms with van der Waals surface area (Å²) in [7, 11) is 2.17. The Morgan fingerprint density at radius 1 is 1.12 bits per heavy atom. The SMILES string of the molecule is CC(=O)O.CCCC(C)C[C@H]1CC(c2ccc3c(c2)OCO3)CN1CC=O.CCCCN(C)c1cccc(CC)c1. The molecule has 3 atom stereocenters. The topological polar surface area (TPSA) is 79.3 Å². The summed E-state index contributed by atoms with van der Waals surface area (Å²) in [4.78, 5) is 24.7. The molecular weight excluding hydrogens is 516 g/mol. The lowest BCUT2D eigenvalue weighted by atomic mass is 9.91. The first-order chi connectivity index (χ1) is 19.7. The third kappa shape index (κ3) is 11.8. The van der Waals surface area contributed by atoms with Crippen LogP contribution in [0.1, 0.15) is 90.2 Å². The van der Waals surface area contributed by atoms with Gasteiger partial charge in [-0.25, -0.2) is 0 Å². The molecule has 0 aliphatic carbocycles. The summed E-state index contributed by atoms with van der Waals surface area (Å²) in [5.74, 6) is 2.05. The van der Waals surface area contributed by atoms with Crippen LogP contribution < -0.4 is 14.4 Å².